The monoisotopic (exact) mass is 259 g/mol. The van der Waals surface area contributed by atoms with Gasteiger partial charge < -0.3 is 10.1 Å². The Morgan fingerprint density at radius 3 is 2.94 bits per heavy atom. The van der Waals surface area contributed by atoms with E-state index < -0.39 is 0 Å². The second kappa shape index (κ2) is 5.57. The van der Waals surface area contributed by atoms with Gasteiger partial charge in [0.15, 0.2) is 0 Å². The SMILES string of the molecule is CC1CCCC(CCl)(NC(=O)C2CCOC2)C1. The van der Waals surface area contributed by atoms with Gasteiger partial charge in [0.25, 0.3) is 0 Å². The molecule has 1 aliphatic heterocycles. The van der Waals surface area contributed by atoms with Gasteiger partial charge in [0, 0.05) is 12.5 Å². The maximum Gasteiger partial charge on any atom is 0.225 e. The normalized spacial score (nSPS) is 38.0. The second-order valence-corrected chi connectivity index (χ2v) is 5.93. The molecule has 0 radical (unpaired) electrons. The van der Waals surface area contributed by atoms with Crippen molar-refractivity contribution < 1.29 is 9.53 Å². The quantitative estimate of drug-likeness (QED) is 0.790. The number of amides is 1. The lowest BCUT2D eigenvalue weighted by atomic mass is 9.77. The van der Waals surface area contributed by atoms with Crippen molar-refractivity contribution in [3.8, 4) is 0 Å². The van der Waals surface area contributed by atoms with Crippen LogP contribution in [0.3, 0.4) is 0 Å². The molecule has 98 valence electrons. The molecule has 1 saturated heterocycles. The van der Waals surface area contributed by atoms with E-state index >= 15 is 0 Å². The first kappa shape index (κ1) is 13.2. The fourth-order valence-corrected chi connectivity index (χ4v) is 3.34. The molecular weight excluding hydrogens is 238 g/mol. The first-order valence-electron chi connectivity index (χ1n) is 6.61. The summed E-state index contributed by atoms with van der Waals surface area (Å²) >= 11 is 6.11. The van der Waals surface area contributed by atoms with E-state index in [4.69, 9.17) is 16.3 Å². The molecule has 1 saturated carbocycles. The van der Waals surface area contributed by atoms with E-state index in [0.717, 1.165) is 25.7 Å². The molecule has 17 heavy (non-hydrogen) atoms. The van der Waals surface area contributed by atoms with Crippen LogP contribution >= 0.6 is 11.6 Å². The molecule has 2 rings (SSSR count). The second-order valence-electron chi connectivity index (χ2n) is 5.67. The minimum absolute atomic E-state index is 0.0346. The summed E-state index contributed by atoms with van der Waals surface area (Å²) in [6.07, 6.45) is 5.28. The van der Waals surface area contributed by atoms with Gasteiger partial charge in [-0.1, -0.05) is 19.8 Å². The number of hydrogen-bond acceptors (Lipinski definition) is 2. The van der Waals surface area contributed by atoms with Crippen molar-refractivity contribution >= 4 is 17.5 Å². The molecule has 1 aliphatic carbocycles. The van der Waals surface area contributed by atoms with Gasteiger partial charge in [-0.05, 0) is 25.2 Å². The molecule has 3 nitrogen and oxygen atoms in total. The van der Waals surface area contributed by atoms with Crippen LogP contribution in [0.15, 0.2) is 0 Å². The van der Waals surface area contributed by atoms with Crippen LogP contribution in [0, 0.1) is 11.8 Å². The largest absolute Gasteiger partial charge is 0.381 e. The van der Waals surface area contributed by atoms with Crippen LogP contribution in [0.5, 0.6) is 0 Å². The number of nitrogens with one attached hydrogen (secondary N) is 1. The molecule has 2 aliphatic rings. The number of carbonyl (C=O) groups excluding carboxylic acids is 1. The summed E-state index contributed by atoms with van der Waals surface area (Å²) in [7, 11) is 0. The van der Waals surface area contributed by atoms with Crippen LogP contribution in [-0.2, 0) is 9.53 Å². The van der Waals surface area contributed by atoms with Crippen molar-refractivity contribution in [2.45, 2.75) is 44.6 Å². The van der Waals surface area contributed by atoms with Gasteiger partial charge in [0.05, 0.1) is 18.1 Å². The number of hydrogen-bond donors (Lipinski definition) is 1. The Bertz CT molecular complexity index is 279. The first-order valence-corrected chi connectivity index (χ1v) is 7.14. The predicted octanol–water partition coefficient (Wildman–Crippen LogP) is 2.33. The highest BCUT2D eigenvalue weighted by atomic mass is 35.5. The van der Waals surface area contributed by atoms with Crippen LogP contribution in [0.4, 0.5) is 0 Å². The van der Waals surface area contributed by atoms with Gasteiger partial charge in [0.1, 0.15) is 0 Å². The van der Waals surface area contributed by atoms with Crippen molar-refractivity contribution in [1.29, 1.82) is 0 Å². The van der Waals surface area contributed by atoms with E-state index in [0.29, 0.717) is 25.0 Å². The molecule has 3 unspecified atom stereocenters. The van der Waals surface area contributed by atoms with Gasteiger partial charge >= 0.3 is 0 Å². The van der Waals surface area contributed by atoms with Crippen LogP contribution in [0.25, 0.3) is 0 Å². The molecule has 4 heteroatoms. The van der Waals surface area contributed by atoms with E-state index in [1.54, 1.807) is 0 Å². The summed E-state index contributed by atoms with van der Waals surface area (Å²) in [5.41, 5.74) is -0.168. The Kier molecular flexibility index (Phi) is 4.31. The molecular formula is C13H22ClNO2. The van der Waals surface area contributed by atoms with Gasteiger partial charge in [-0.25, -0.2) is 0 Å². The minimum atomic E-state index is -0.168. The summed E-state index contributed by atoms with van der Waals surface area (Å²) in [6, 6.07) is 0. The van der Waals surface area contributed by atoms with E-state index in [1.807, 2.05) is 0 Å². The standard InChI is InChI=1S/C13H22ClNO2/c1-10-3-2-5-13(7-10,9-14)15-12(16)11-4-6-17-8-11/h10-11H,2-9H2,1H3,(H,15,16). The molecule has 0 aromatic carbocycles. The maximum atomic E-state index is 12.1. The summed E-state index contributed by atoms with van der Waals surface area (Å²) in [5.74, 6) is 1.35. The zero-order valence-corrected chi connectivity index (χ0v) is 11.3. The lowest BCUT2D eigenvalue weighted by Gasteiger charge is -2.40. The summed E-state index contributed by atoms with van der Waals surface area (Å²) in [4.78, 5) is 12.1. The summed E-state index contributed by atoms with van der Waals surface area (Å²) in [5, 5.41) is 3.20. The van der Waals surface area contributed by atoms with Crippen molar-refractivity contribution in [3.63, 3.8) is 0 Å². The van der Waals surface area contributed by atoms with Crippen LogP contribution in [-0.4, -0.2) is 30.5 Å². The smallest absolute Gasteiger partial charge is 0.225 e. The Morgan fingerprint density at radius 1 is 1.53 bits per heavy atom. The van der Waals surface area contributed by atoms with Crippen LogP contribution in [0.1, 0.15) is 39.0 Å². The number of ether oxygens (including phenoxy) is 1. The van der Waals surface area contributed by atoms with Gasteiger partial charge in [-0.15, -0.1) is 11.6 Å². The van der Waals surface area contributed by atoms with E-state index in [2.05, 4.69) is 12.2 Å². The number of alkyl halides is 1. The molecule has 2 fully saturated rings. The highest BCUT2D eigenvalue weighted by Gasteiger charge is 2.37. The highest BCUT2D eigenvalue weighted by Crippen LogP contribution is 2.33. The van der Waals surface area contributed by atoms with Crippen LogP contribution in [0.2, 0.25) is 0 Å². The fourth-order valence-electron chi connectivity index (χ4n) is 3.03. The maximum absolute atomic E-state index is 12.1. The average molecular weight is 260 g/mol. The zero-order valence-electron chi connectivity index (χ0n) is 10.5. The average Bonchev–Trinajstić information content (AvgIpc) is 2.82. The van der Waals surface area contributed by atoms with Crippen LogP contribution < -0.4 is 5.32 Å². The van der Waals surface area contributed by atoms with E-state index in [9.17, 15) is 4.79 Å². The molecule has 0 aromatic rings. The third kappa shape index (κ3) is 3.14. The molecule has 1 heterocycles. The molecule has 1 amide bonds. The Balaban J connectivity index is 1.95. The number of halogens is 1. The minimum Gasteiger partial charge on any atom is -0.381 e. The third-order valence-electron chi connectivity index (χ3n) is 4.04. The Labute approximate surface area is 108 Å². The molecule has 1 N–H and O–H groups in total. The van der Waals surface area contributed by atoms with Gasteiger partial charge in [-0.3, -0.25) is 4.79 Å². The number of carbonyl (C=O) groups is 1. The Hall–Kier alpha value is -0.280. The summed E-state index contributed by atoms with van der Waals surface area (Å²) in [6.45, 7) is 3.52. The summed E-state index contributed by atoms with van der Waals surface area (Å²) < 4.78 is 5.26. The molecule has 0 spiro atoms. The topological polar surface area (TPSA) is 38.3 Å². The highest BCUT2D eigenvalue weighted by molar-refractivity contribution is 6.18. The Morgan fingerprint density at radius 2 is 2.35 bits per heavy atom. The molecule has 0 bridgehead atoms. The van der Waals surface area contributed by atoms with Crippen molar-refractivity contribution in [2.24, 2.45) is 11.8 Å². The predicted molar refractivity (Wildman–Crippen MR) is 68.2 cm³/mol. The van der Waals surface area contributed by atoms with Crippen molar-refractivity contribution in [3.05, 3.63) is 0 Å². The molecule has 0 aromatic heterocycles. The molecule has 3 atom stereocenters. The third-order valence-corrected chi connectivity index (χ3v) is 4.55. The first-order chi connectivity index (χ1) is 8.15. The van der Waals surface area contributed by atoms with Crippen molar-refractivity contribution in [2.75, 3.05) is 19.1 Å². The van der Waals surface area contributed by atoms with Crippen molar-refractivity contribution in [1.82, 2.24) is 5.32 Å². The number of rotatable bonds is 3. The zero-order chi connectivity index (χ0) is 12.3. The lowest BCUT2D eigenvalue weighted by Crippen LogP contribution is -2.54. The van der Waals surface area contributed by atoms with Gasteiger partial charge in [0.2, 0.25) is 5.91 Å². The fraction of sp³-hybridized carbons (Fsp3) is 0.923. The lowest BCUT2D eigenvalue weighted by molar-refractivity contribution is -0.127. The van der Waals surface area contributed by atoms with E-state index in [1.165, 1.54) is 6.42 Å². The van der Waals surface area contributed by atoms with Gasteiger partial charge in [-0.2, -0.15) is 0 Å². The van der Waals surface area contributed by atoms with E-state index in [-0.39, 0.29) is 17.4 Å².